The third-order valence-electron chi connectivity index (χ3n) is 5.42. The molecule has 1 unspecified atom stereocenters. The first kappa shape index (κ1) is 25.4. The van der Waals surface area contributed by atoms with Crippen molar-refractivity contribution in [1.29, 1.82) is 0 Å². The molecule has 1 aromatic carbocycles. The normalized spacial score (nSPS) is 16.6. The lowest BCUT2D eigenvalue weighted by Crippen LogP contribution is -2.38. The van der Waals surface area contributed by atoms with E-state index in [1.165, 1.54) is 0 Å². The number of guanidine groups is 1. The first-order valence-electron chi connectivity index (χ1n) is 11.9. The van der Waals surface area contributed by atoms with Crippen LogP contribution in [0.4, 0.5) is 0 Å². The number of hydrogen-bond donors (Lipinski definition) is 2. The van der Waals surface area contributed by atoms with Crippen molar-refractivity contribution in [3.63, 3.8) is 0 Å². The summed E-state index contributed by atoms with van der Waals surface area (Å²) in [7, 11) is 0. The average Bonchev–Trinajstić information content (AvgIpc) is 3.31. The van der Waals surface area contributed by atoms with Crippen LogP contribution in [0.15, 0.2) is 29.3 Å². The van der Waals surface area contributed by atoms with Crippen LogP contribution in [0.2, 0.25) is 0 Å². The molecule has 31 heavy (non-hydrogen) atoms. The Bertz CT molecular complexity index is 617. The van der Waals surface area contributed by atoms with Gasteiger partial charge in [0, 0.05) is 44.3 Å². The van der Waals surface area contributed by atoms with Crippen LogP contribution in [0.1, 0.15) is 39.2 Å². The van der Waals surface area contributed by atoms with Crippen LogP contribution in [-0.4, -0.2) is 76.6 Å². The summed E-state index contributed by atoms with van der Waals surface area (Å²) < 4.78 is 17.2. The fourth-order valence-corrected chi connectivity index (χ4v) is 3.45. The Labute approximate surface area is 188 Å². The highest BCUT2D eigenvalue weighted by molar-refractivity contribution is 5.79. The molecule has 7 nitrogen and oxygen atoms in total. The predicted octanol–water partition coefficient (Wildman–Crippen LogP) is 2.91. The van der Waals surface area contributed by atoms with Gasteiger partial charge in [0.25, 0.3) is 0 Å². The molecule has 0 spiro atoms. The van der Waals surface area contributed by atoms with E-state index in [2.05, 4.69) is 42.4 Å². The van der Waals surface area contributed by atoms with Gasteiger partial charge in [0.2, 0.25) is 0 Å². The van der Waals surface area contributed by atoms with Crippen LogP contribution in [0.25, 0.3) is 0 Å². The van der Waals surface area contributed by atoms with Crippen LogP contribution < -0.4 is 15.4 Å². The minimum Gasteiger partial charge on any atom is -0.492 e. The molecule has 2 N–H and O–H groups in total. The van der Waals surface area contributed by atoms with E-state index in [9.17, 15) is 0 Å². The smallest absolute Gasteiger partial charge is 0.191 e. The van der Waals surface area contributed by atoms with Crippen molar-refractivity contribution >= 4 is 5.96 Å². The number of likely N-dealkylation sites (N-methyl/N-ethyl adjacent to an activating group) is 1. The molecule has 1 aliphatic heterocycles. The van der Waals surface area contributed by atoms with E-state index >= 15 is 0 Å². The topological polar surface area (TPSA) is 67.4 Å². The lowest BCUT2D eigenvalue weighted by molar-refractivity contribution is 0.0888. The predicted molar refractivity (Wildman–Crippen MR) is 127 cm³/mol. The molecule has 1 aliphatic rings. The summed E-state index contributed by atoms with van der Waals surface area (Å²) in [6, 6.07) is 8.16. The van der Waals surface area contributed by atoms with Crippen LogP contribution in [0.3, 0.4) is 0 Å². The van der Waals surface area contributed by atoms with E-state index in [1.807, 2.05) is 18.2 Å². The van der Waals surface area contributed by atoms with Crippen molar-refractivity contribution < 1.29 is 14.2 Å². The molecule has 176 valence electrons. The van der Waals surface area contributed by atoms with E-state index in [1.54, 1.807) is 0 Å². The Hall–Kier alpha value is -1.83. The minimum atomic E-state index is 0.571. The number of para-hydroxylation sites is 1. The van der Waals surface area contributed by atoms with Crippen molar-refractivity contribution in [3.8, 4) is 5.75 Å². The monoisotopic (exact) mass is 434 g/mol. The second kappa shape index (κ2) is 15.9. The van der Waals surface area contributed by atoms with Crippen LogP contribution >= 0.6 is 0 Å². The molecular formula is C24H42N4O3. The van der Waals surface area contributed by atoms with Crippen LogP contribution in [0.5, 0.6) is 5.75 Å². The molecule has 1 heterocycles. The van der Waals surface area contributed by atoms with Gasteiger partial charge in [-0.2, -0.15) is 0 Å². The van der Waals surface area contributed by atoms with E-state index < -0.39 is 0 Å². The second-order valence-electron chi connectivity index (χ2n) is 7.76. The molecule has 2 rings (SSSR count). The van der Waals surface area contributed by atoms with Gasteiger partial charge >= 0.3 is 0 Å². The Morgan fingerprint density at radius 1 is 1.16 bits per heavy atom. The minimum absolute atomic E-state index is 0.571. The lowest BCUT2D eigenvalue weighted by atomic mass is 10.1. The van der Waals surface area contributed by atoms with Crippen molar-refractivity contribution in [1.82, 2.24) is 15.5 Å². The van der Waals surface area contributed by atoms with Gasteiger partial charge in [-0.25, -0.2) is 4.99 Å². The van der Waals surface area contributed by atoms with Crippen LogP contribution in [-0.2, 0) is 16.0 Å². The Kier molecular flexibility index (Phi) is 13.0. The van der Waals surface area contributed by atoms with Gasteiger partial charge in [-0.3, -0.25) is 0 Å². The summed E-state index contributed by atoms with van der Waals surface area (Å²) in [5.41, 5.74) is 1.10. The number of nitrogens with one attached hydrogen (secondary N) is 2. The van der Waals surface area contributed by atoms with Crippen molar-refractivity contribution in [2.45, 2.75) is 40.2 Å². The zero-order valence-corrected chi connectivity index (χ0v) is 19.7. The highest BCUT2D eigenvalue weighted by Gasteiger charge is 2.15. The van der Waals surface area contributed by atoms with Gasteiger partial charge in [-0.05, 0) is 38.9 Å². The molecule has 0 aromatic heterocycles. The highest BCUT2D eigenvalue weighted by Crippen LogP contribution is 2.19. The van der Waals surface area contributed by atoms with Crippen LogP contribution in [0, 0.1) is 5.92 Å². The number of aliphatic imine (C=N–C) groups is 1. The fraction of sp³-hybridized carbons (Fsp3) is 0.708. The molecule has 0 aliphatic carbocycles. The Morgan fingerprint density at radius 3 is 2.74 bits per heavy atom. The highest BCUT2D eigenvalue weighted by atomic mass is 16.5. The summed E-state index contributed by atoms with van der Waals surface area (Å²) in [5.74, 6) is 2.31. The number of benzene rings is 1. The molecule has 0 bridgehead atoms. The quantitative estimate of drug-likeness (QED) is 0.251. The van der Waals surface area contributed by atoms with Gasteiger partial charge in [-0.15, -0.1) is 0 Å². The van der Waals surface area contributed by atoms with Crippen molar-refractivity contribution in [2.24, 2.45) is 10.9 Å². The third kappa shape index (κ3) is 10.4. The SMILES string of the molecule is CCNC(=NCc1ccccc1OCCN(CC)CC)NCCCOCC1CCOC1. The summed E-state index contributed by atoms with van der Waals surface area (Å²) in [6.07, 6.45) is 2.07. The molecule has 7 heteroatoms. The fourth-order valence-electron chi connectivity index (χ4n) is 3.45. The molecule has 0 amide bonds. The molecule has 0 saturated carbocycles. The summed E-state index contributed by atoms with van der Waals surface area (Å²) in [4.78, 5) is 7.11. The van der Waals surface area contributed by atoms with E-state index in [0.717, 1.165) is 89.3 Å². The zero-order chi connectivity index (χ0) is 22.2. The maximum atomic E-state index is 6.05. The van der Waals surface area contributed by atoms with Crippen molar-refractivity contribution in [2.75, 3.05) is 65.8 Å². The van der Waals surface area contributed by atoms with E-state index in [0.29, 0.717) is 19.1 Å². The number of rotatable bonds is 15. The molecule has 1 saturated heterocycles. The molecular weight excluding hydrogens is 392 g/mol. The first-order valence-corrected chi connectivity index (χ1v) is 11.9. The molecule has 0 radical (unpaired) electrons. The summed E-state index contributed by atoms with van der Waals surface area (Å²) >= 11 is 0. The van der Waals surface area contributed by atoms with Gasteiger partial charge in [0.1, 0.15) is 12.4 Å². The van der Waals surface area contributed by atoms with E-state index in [-0.39, 0.29) is 0 Å². The maximum Gasteiger partial charge on any atom is 0.191 e. The summed E-state index contributed by atoms with van der Waals surface area (Å²) in [6.45, 7) is 15.7. The lowest BCUT2D eigenvalue weighted by Gasteiger charge is -2.19. The van der Waals surface area contributed by atoms with Gasteiger partial charge in [0.05, 0.1) is 19.8 Å². The third-order valence-corrected chi connectivity index (χ3v) is 5.42. The average molecular weight is 435 g/mol. The van der Waals surface area contributed by atoms with Gasteiger partial charge in [-0.1, -0.05) is 32.0 Å². The van der Waals surface area contributed by atoms with Crippen molar-refractivity contribution in [3.05, 3.63) is 29.8 Å². The number of ether oxygens (including phenoxy) is 3. The standard InChI is InChI=1S/C24H42N4O3/c1-4-25-24(26-13-9-15-29-19-21-12-16-30-20-21)27-18-22-10-7-8-11-23(22)31-17-14-28(5-2)6-3/h7-8,10-11,21H,4-6,9,12-20H2,1-3H3,(H2,25,26,27). The first-order chi connectivity index (χ1) is 15.3. The second-order valence-corrected chi connectivity index (χ2v) is 7.76. The molecule has 1 fully saturated rings. The summed E-state index contributed by atoms with van der Waals surface area (Å²) in [5, 5.41) is 6.71. The molecule has 1 aromatic rings. The molecule has 1 atom stereocenters. The Balaban J connectivity index is 1.74. The van der Waals surface area contributed by atoms with Gasteiger partial charge in [0.15, 0.2) is 5.96 Å². The number of nitrogens with zero attached hydrogens (tertiary/aromatic N) is 2. The zero-order valence-electron chi connectivity index (χ0n) is 19.7. The maximum absolute atomic E-state index is 6.05. The van der Waals surface area contributed by atoms with E-state index in [4.69, 9.17) is 19.2 Å². The number of hydrogen-bond acceptors (Lipinski definition) is 5. The largest absolute Gasteiger partial charge is 0.492 e. The van der Waals surface area contributed by atoms with Gasteiger partial charge < -0.3 is 29.7 Å². The Morgan fingerprint density at radius 2 is 2.00 bits per heavy atom.